The normalized spacial score (nSPS) is 10.3. The lowest BCUT2D eigenvalue weighted by atomic mass is 10.2. The summed E-state index contributed by atoms with van der Waals surface area (Å²) >= 11 is 1.69. The van der Waals surface area contributed by atoms with Crippen LogP contribution in [0, 0.1) is 0 Å². The molecule has 1 aromatic rings. The van der Waals surface area contributed by atoms with Crippen LogP contribution >= 0.6 is 11.3 Å². The number of nitrogens with two attached hydrogens (primary N) is 1. The zero-order valence-electron chi connectivity index (χ0n) is 9.11. The molecule has 2 N–H and O–H groups in total. The van der Waals surface area contributed by atoms with E-state index in [0.29, 0.717) is 13.0 Å². The highest BCUT2D eigenvalue weighted by Crippen LogP contribution is 2.12. The van der Waals surface area contributed by atoms with Crippen LogP contribution in [0.3, 0.4) is 0 Å². The standard InChI is InChI=1S/C11H18N2OS/c1-2-13(11(14)6-3-7-12)9-10-5-4-8-15-10/h4-5,8H,2-3,6-7,9,12H2,1H3. The van der Waals surface area contributed by atoms with Crippen molar-refractivity contribution in [1.29, 1.82) is 0 Å². The summed E-state index contributed by atoms with van der Waals surface area (Å²) in [4.78, 5) is 14.8. The maximum atomic E-state index is 11.7. The minimum Gasteiger partial charge on any atom is -0.338 e. The van der Waals surface area contributed by atoms with Crippen LogP contribution < -0.4 is 5.73 Å². The molecule has 1 aromatic heterocycles. The number of carbonyl (C=O) groups is 1. The van der Waals surface area contributed by atoms with Crippen LogP contribution in [-0.2, 0) is 11.3 Å². The van der Waals surface area contributed by atoms with Crippen LogP contribution in [0.5, 0.6) is 0 Å². The van der Waals surface area contributed by atoms with Crippen molar-refractivity contribution in [1.82, 2.24) is 4.90 Å². The highest BCUT2D eigenvalue weighted by Gasteiger charge is 2.11. The van der Waals surface area contributed by atoms with Crippen molar-refractivity contribution in [3.63, 3.8) is 0 Å². The van der Waals surface area contributed by atoms with E-state index >= 15 is 0 Å². The molecule has 0 spiro atoms. The Labute approximate surface area is 94.9 Å². The van der Waals surface area contributed by atoms with Gasteiger partial charge in [-0.1, -0.05) is 6.07 Å². The van der Waals surface area contributed by atoms with E-state index in [2.05, 4.69) is 6.07 Å². The Bertz CT molecular complexity index is 285. The summed E-state index contributed by atoms with van der Waals surface area (Å²) in [7, 11) is 0. The molecule has 0 bridgehead atoms. The summed E-state index contributed by atoms with van der Waals surface area (Å²) in [5.74, 6) is 0.205. The van der Waals surface area contributed by atoms with Crippen molar-refractivity contribution in [2.24, 2.45) is 5.73 Å². The lowest BCUT2D eigenvalue weighted by molar-refractivity contribution is -0.131. The second-order valence-electron chi connectivity index (χ2n) is 3.38. The third-order valence-electron chi connectivity index (χ3n) is 2.26. The Kier molecular flexibility index (Phi) is 5.36. The van der Waals surface area contributed by atoms with Crippen molar-refractivity contribution in [3.05, 3.63) is 22.4 Å². The molecule has 0 unspecified atom stereocenters. The van der Waals surface area contributed by atoms with Gasteiger partial charge < -0.3 is 10.6 Å². The van der Waals surface area contributed by atoms with Crippen LogP contribution in [0.2, 0.25) is 0 Å². The summed E-state index contributed by atoms with van der Waals surface area (Å²) in [6, 6.07) is 4.07. The number of amides is 1. The van der Waals surface area contributed by atoms with Crippen LogP contribution in [0.1, 0.15) is 24.6 Å². The van der Waals surface area contributed by atoms with Gasteiger partial charge in [0.25, 0.3) is 0 Å². The molecule has 15 heavy (non-hydrogen) atoms. The van der Waals surface area contributed by atoms with Gasteiger partial charge in [0.2, 0.25) is 5.91 Å². The second kappa shape index (κ2) is 6.58. The van der Waals surface area contributed by atoms with Gasteiger partial charge in [-0.15, -0.1) is 11.3 Å². The van der Waals surface area contributed by atoms with Crippen LogP contribution in [0.15, 0.2) is 17.5 Å². The lowest BCUT2D eigenvalue weighted by Gasteiger charge is -2.19. The first-order valence-corrected chi connectivity index (χ1v) is 6.16. The second-order valence-corrected chi connectivity index (χ2v) is 4.41. The summed E-state index contributed by atoms with van der Waals surface area (Å²) in [6.45, 7) is 4.09. The molecule has 0 radical (unpaired) electrons. The van der Waals surface area contributed by atoms with E-state index in [-0.39, 0.29) is 5.91 Å². The van der Waals surface area contributed by atoms with Crippen LogP contribution in [-0.4, -0.2) is 23.9 Å². The Morgan fingerprint density at radius 3 is 2.93 bits per heavy atom. The zero-order valence-corrected chi connectivity index (χ0v) is 9.93. The van der Waals surface area contributed by atoms with E-state index in [1.807, 2.05) is 23.3 Å². The summed E-state index contributed by atoms with van der Waals surface area (Å²) in [6.07, 6.45) is 1.34. The first kappa shape index (κ1) is 12.2. The number of carbonyl (C=O) groups excluding carboxylic acids is 1. The smallest absolute Gasteiger partial charge is 0.222 e. The molecule has 0 aliphatic heterocycles. The molecule has 0 saturated heterocycles. The largest absolute Gasteiger partial charge is 0.338 e. The monoisotopic (exact) mass is 226 g/mol. The molecular weight excluding hydrogens is 208 g/mol. The van der Waals surface area contributed by atoms with E-state index in [1.54, 1.807) is 11.3 Å². The average Bonchev–Trinajstić information content (AvgIpc) is 2.75. The Morgan fingerprint density at radius 1 is 1.60 bits per heavy atom. The molecule has 0 aromatic carbocycles. The van der Waals surface area contributed by atoms with E-state index in [4.69, 9.17) is 5.73 Å². The molecular formula is C11H18N2OS. The van der Waals surface area contributed by atoms with Gasteiger partial charge >= 0.3 is 0 Å². The molecule has 3 nitrogen and oxygen atoms in total. The van der Waals surface area contributed by atoms with Crippen LogP contribution in [0.4, 0.5) is 0 Å². The Morgan fingerprint density at radius 2 is 2.40 bits per heavy atom. The van der Waals surface area contributed by atoms with Gasteiger partial charge in [-0.2, -0.15) is 0 Å². The fourth-order valence-corrected chi connectivity index (χ4v) is 2.10. The summed E-state index contributed by atoms with van der Waals surface area (Å²) in [5, 5.41) is 2.04. The zero-order chi connectivity index (χ0) is 11.1. The molecule has 84 valence electrons. The highest BCUT2D eigenvalue weighted by atomic mass is 32.1. The predicted octanol–water partition coefficient (Wildman–Crippen LogP) is 1.84. The number of nitrogens with zero attached hydrogens (tertiary/aromatic N) is 1. The molecule has 0 atom stereocenters. The quantitative estimate of drug-likeness (QED) is 0.804. The number of hydrogen-bond donors (Lipinski definition) is 1. The van der Waals surface area contributed by atoms with E-state index in [1.165, 1.54) is 4.88 Å². The highest BCUT2D eigenvalue weighted by molar-refractivity contribution is 7.09. The van der Waals surface area contributed by atoms with Gasteiger partial charge in [0, 0.05) is 17.8 Å². The van der Waals surface area contributed by atoms with Gasteiger partial charge in [0.1, 0.15) is 0 Å². The van der Waals surface area contributed by atoms with Crippen molar-refractivity contribution in [2.45, 2.75) is 26.3 Å². The van der Waals surface area contributed by atoms with Crippen molar-refractivity contribution < 1.29 is 4.79 Å². The fraction of sp³-hybridized carbons (Fsp3) is 0.545. The number of rotatable bonds is 6. The molecule has 0 saturated carbocycles. The molecule has 1 heterocycles. The van der Waals surface area contributed by atoms with Crippen molar-refractivity contribution >= 4 is 17.2 Å². The number of thiophene rings is 1. The third kappa shape index (κ3) is 4.01. The minimum absolute atomic E-state index is 0.205. The maximum absolute atomic E-state index is 11.7. The van der Waals surface area contributed by atoms with Crippen molar-refractivity contribution in [2.75, 3.05) is 13.1 Å². The maximum Gasteiger partial charge on any atom is 0.222 e. The average molecular weight is 226 g/mol. The first-order valence-electron chi connectivity index (χ1n) is 5.28. The predicted molar refractivity (Wildman–Crippen MR) is 63.7 cm³/mol. The SMILES string of the molecule is CCN(Cc1cccs1)C(=O)CCCN. The summed E-state index contributed by atoms with van der Waals surface area (Å²) in [5.41, 5.74) is 5.39. The number of hydrogen-bond acceptors (Lipinski definition) is 3. The van der Waals surface area contributed by atoms with Gasteiger partial charge in [-0.3, -0.25) is 4.79 Å². The van der Waals surface area contributed by atoms with Gasteiger partial charge in [0.15, 0.2) is 0 Å². The van der Waals surface area contributed by atoms with Gasteiger partial charge in [-0.05, 0) is 31.3 Å². The van der Waals surface area contributed by atoms with Crippen LogP contribution in [0.25, 0.3) is 0 Å². The van der Waals surface area contributed by atoms with E-state index < -0.39 is 0 Å². The summed E-state index contributed by atoms with van der Waals surface area (Å²) < 4.78 is 0. The minimum atomic E-state index is 0.205. The Balaban J connectivity index is 2.44. The fourth-order valence-electron chi connectivity index (χ4n) is 1.38. The van der Waals surface area contributed by atoms with E-state index in [0.717, 1.165) is 19.5 Å². The molecule has 0 aliphatic rings. The Hall–Kier alpha value is -0.870. The van der Waals surface area contributed by atoms with Gasteiger partial charge in [0.05, 0.1) is 6.54 Å². The first-order chi connectivity index (χ1) is 7.27. The molecule has 0 fully saturated rings. The topological polar surface area (TPSA) is 46.3 Å². The molecule has 0 aliphatic carbocycles. The third-order valence-corrected chi connectivity index (χ3v) is 3.12. The molecule has 1 rings (SSSR count). The molecule has 4 heteroatoms. The van der Waals surface area contributed by atoms with E-state index in [9.17, 15) is 4.79 Å². The van der Waals surface area contributed by atoms with Crippen molar-refractivity contribution in [3.8, 4) is 0 Å². The molecule has 1 amide bonds. The lowest BCUT2D eigenvalue weighted by Crippen LogP contribution is -2.30. The van der Waals surface area contributed by atoms with Gasteiger partial charge in [-0.25, -0.2) is 0 Å².